The quantitative estimate of drug-likeness (QED) is 0.213. The van der Waals surface area contributed by atoms with Gasteiger partial charge in [0.25, 0.3) is 0 Å². The van der Waals surface area contributed by atoms with Crippen molar-refractivity contribution in [2.24, 2.45) is 0 Å². The molecule has 32 heavy (non-hydrogen) atoms. The summed E-state index contributed by atoms with van der Waals surface area (Å²) in [6.07, 6.45) is 5.22. The van der Waals surface area contributed by atoms with Gasteiger partial charge in [0.1, 0.15) is 23.3 Å². The Labute approximate surface area is 185 Å². The Kier molecular flexibility index (Phi) is 6.17. The van der Waals surface area contributed by atoms with Gasteiger partial charge in [0.05, 0.1) is 5.39 Å². The van der Waals surface area contributed by atoms with Gasteiger partial charge in [-0.15, -0.1) is 0 Å². The molecule has 0 atom stereocenters. The van der Waals surface area contributed by atoms with E-state index in [1.165, 1.54) is 24.0 Å². The molecule has 0 N–H and O–H groups in total. The number of esters is 1. The van der Waals surface area contributed by atoms with Crippen molar-refractivity contribution in [1.82, 2.24) is 0 Å². The Hall–Kier alpha value is -4.12. The summed E-state index contributed by atoms with van der Waals surface area (Å²) in [5.41, 5.74) is 3.22. The second-order valence-corrected chi connectivity index (χ2v) is 7.35. The van der Waals surface area contributed by atoms with Crippen molar-refractivity contribution in [3.05, 3.63) is 106 Å². The van der Waals surface area contributed by atoms with Crippen molar-refractivity contribution < 1.29 is 18.7 Å². The first kappa shape index (κ1) is 21.1. The molecule has 0 saturated heterocycles. The van der Waals surface area contributed by atoms with Crippen LogP contribution in [0.2, 0.25) is 0 Å². The molecule has 160 valence electrons. The minimum atomic E-state index is -0.525. The average molecular weight is 426 g/mol. The van der Waals surface area contributed by atoms with E-state index in [2.05, 4.69) is 6.92 Å². The molecule has 0 aliphatic rings. The third-order valence-electron chi connectivity index (χ3n) is 4.98. The molecule has 5 nitrogen and oxygen atoms in total. The number of carbonyl (C=O) groups is 1. The number of benzene rings is 3. The number of hydrogen-bond donors (Lipinski definition) is 0. The molecule has 1 aromatic heterocycles. The average Bonchev–Trinajstić information content (AvgIpc) is 2.81. The van der Waals surface area contributed by atoms with E-state index in [1.807, 2.05) is 55.5 Å². The molecule has 0 aliphatic heterocycles. The van der Waals surface area contributed by atoms with Gasteiger partial charge in [-0.25, -0.2) is 4.79 Å². The maximum absolute atomic E-state index is 12.8. The van der Waals surface area contributed by atoms with Crippen LogP contribution >= 0.6 is 0 Å². The fraction of sp³-hybridized carbons (Fsp3) is 0.111. The van der Waals surface area contributed by atoms with Crippen LogP contribution in [-0.2, 0) is 11.2 Å². The molecule has 0 aliphatic carbocycles. The molecule has 0 saturated carbocycles. The lowest BCUT2D eigenvalue weighted by molar-refractivity contribution is -0.128. The summed E-state index contributed by atoms with van der Waals surface area (Å²) in [4.78, 5) is 24.9. The van der Waals surface area contributed by atoms with Gasteiger partial charge in [-0.1, -0.05) is 48.9 Å². The van der Waals surface area contributed by atoms with E-state index in [-0.39, 0.29) is 16.9 Å². The predicted molar refractivity (Wildman–Crippen MR) is 124 cm³/mol. The molecule has 0 bridgehead atoms. The number of hydrogen-bond acceptors (Lipinski definition) is 5. The zero-order valence-corrected chi connectivity index (χ0v) is 17.8. The minimum absolute atomic E-state index is 0.0903. The lowest BCUT2D eigenvalue weighted by atomic mass is 10.1. The summed E-state index contributed by atoms with van der Waals surface area (Å²) in [7, 11) is 0. The normalized spacial score (nSPS) is 11.1. The third kappa shape index (κ3) is 4.95. The number of aryl methyl sites for hydroxylation is 2. The Morgan fingerprint density at radius 1 is 0.969 bits per heavy atom. The minimum Gasteiger partial charge on any atom is -0.460 e. The fourth-order valence-electron chi connectivity index (χ4n) is 3.14. The lowest BCUT2D eigenvalue weighted by Crippen LogP contribution is -2.06. The van der Waals surface area contributed by atoms with Crippen LogP contribution in [0, 0.1) is 6.92 Å². The van der Waals surface area contributed by atoms with Gasteiger partial charge < -0.3 is 13.9 Å². The second kappa shape index (κ2) is 9.35. The van der Waals surface area contributed by atoms with E-state index in [0.717, 1.165) is 17.5 Å². The van der Waals surface area contributed by atoms with Gasteiger partial charge >= 0.3 is 5.97 Å². The molecular weight excluding hydrogens is 404 g/mol. The summed E-state index contributed by atoms with van der Waals surface area (Å²) in [6, 6.07) is 19.9. The highest BCUT2D eigenvalue weighted by atomic mass is 16.5. The summed E-state index contributed by atoms with van der Waals surface area (Å²) in [6.45, 7) is 4.07. The monoisotopic (exact) mass is 426 g/mol. The molecular formula is C27H22O5. The van der Waals surface area contributed by atoms with E-state index in [0.29, 0.717) is 16.7 Å². The first-order valence-electron chi connectivity index (χ1n) is 10.3. The number of ether oxygens (including phenoxy) is 2. The van der Waals surface area contributed by atoms with Gasteiger partial charge in [-0.2, -0.15) is 0 Å². The standard InChI is InChI=1S/C27H22O5/c1-3-19-8-11-21(12-9-19)31-25-17-30-24-16-22(13-14-23(24)27(25)29)32-26(28)15-10-20-6-4-18(2)5-7-20/h4-17H,3H2,1-2H3. The van der Waals surface area contributed by atoms with Crippen molar-refractivity contribution in [3.8, 4) is 17.2 Å². The van der Waals surface area contributed by atoms with Gasteiger partial charge in [0, 0.05) is 12.1 Å². The largest absolute Gasteiger partial charge is 0.460 e. The van der Waals surface area contributed by atoms with E-state index < -0.39 is 5.97 Å². The predicted octanol–water partition coefficient (Wildman–Crippen LogP) is 6.07. The van der Waals surface area contributed by atoms with Gasteiger partial charge in [-0.05, 0) is 54.8 Å². The molecule has 4 rings (SSSR count). The Morgan fingerprint density at radius 3 is 2.41 bits per heavy atom. The second-order valence-electron chi connectivity index (χ2n) is 7.35. The summed E-state index contributed by atoms with van der Waals surface area (Å²) < 4.78 is 16.6. The highest BCUT2D eigenvalue weighted by molar-refractivity contribution is 5.89. The van der Waals surface area contributed by atoms with Crippen LogP contribution in [0.25, 0.3) is 17.0 Å². The van der Waals surface area contributed by atoms with Crippen LogP contribution in [0.15, 0.2) is 88.3 Å². The molecule has 0 amide bonds. The van der Waals surface area contributed by atoms with Crippen LogP contribution in [0.5, 0.6) is 17.2 Å². The SMILES string of the molecule is CCc1ccc(Oc2coc3cc(OC(=O)C=Cc4ccc(C)cc4)ccc3c2=O)cc1. The lowest BCUT2D eigenvalue weighted by Gasteiger charge is -2.07. The zero-order chi connectivity index (χ0) is 22.5. The molecule has 4 aromatic rings. The topological polar surface area (TPSA) is 65.7 Å². The first-order chi connectivity index (χ1) is 15.5. The van der Waals surface area contributed by atoms with E-state index in [4.69, 9.17) is 13.9 Å². The zero-order valence-electron chi connectivity index (χ0n) is 17.8. The van der Waals surface area contributed by atoms with E-state index in [1.54, 1.807) is 18.2 Å². The Balaban J connectivity index is 1.49. The summed E-state index contributed by atoms with van der Waals surface area (Å²) >= 11 is 0. The van der Waals surface area contributed by atoms with E-state index in [9.17, 15) is 9.59 Å². The van der Waals surface area contributed by atoms with Crippen molar-refractivity contribution in [1.29, 1.82) is 0 Å². The molecule has 0 unspecified atom stereocenters. The Bertz CT molecular complexity index is 1330. The Morgan fingerprint density at radius 2 is 1.69 bits per heavy atom. The number of rotatable bonds is 6. The smallest absolute Gasteiger partial charge is 0.336 e. The van der Waals surface area contributed by atoms with Crippen LogP contribution in [0.4, 0.5) is 0 Å². The summed E-state index contributed by atoms with van der Waals surface area (Å²) in [5, 5.41) is 0.336. The van der Waals surface area contributed by atoms with Crippen molar-refractivity contribution >= 4 is 23.0 Å². The van der Waals surface area contributed by atoms with Crippen LogP contribution in [-0.4, -0.2) is 5.97 Å². The maximum Gasteiger partial charge on any atom is 0.336 e. The van der Waals surface area contributed by atoms with E-state index >= 15 is 0 Å². The molecule has 5 heteroatoms. The van der Waals surface area contributed by atoms with Crippen LogP contribution < -0.4 is 14.9 Å². The number of fused-ring (bicyclic) bond motifs is 1. The molecule has 1 heterocycles. The number of carbonyl (C=O) groups excluding carboxylic acids is 1. The molecule has 3 aromatic carbocycles. The molecule has 0 fully saturated rings. The van der Waals surface area contributed by atoms with Crippen LogP contribution in [0.1, 0.15) is 23.6 Å². The van der Waals surface area contributed by atoms with Gasteiger partial charge in [0.15, 0.2) is 0 Å². The highest BCUT2D eigenvalue weighted by Crippen LogP contribution is 2.24. The van der Waals surface area contributed by atoms with Crippen molar-refractivity contribution in [2.45, 2.75) is 20.3 Å². The third-order valence-corrected chi connectivity index (χ3v) is 4.98. The van der Waals surface area contributed by atoms with Crippen LogP contribution in [0.3, 0.4) is 0 Å². The van der Waals surface area contributed by atoms with Gasteiger partial charge in [-0.3, -0.25) is 4.79 Å². The summed E-state index contributed by atoms with van der Waals surface area (Å²) in [5.74, 6) is 0.401. The van der Waals surface area contributed by atoms with Gasteiger partial charge in [0.2, 0.25) is 11.2 Å². The fourth-order valence-corrected chi connectivity index (χ4v) is 3.14. The maximum atomic E-state index is 12.8. The first-order valence-corrected chi connectivity index (χ1v) is 10.3. The van der Waals surface area contributed by atoms with Crippen molar-refractivity contribution in [2.75, 3.05) is 0 Å². The highest BCUT2D eigenvalue weighted by Gasteiger charge is 2.11. The molecule has 0 spiro atoms. The molecule has 0 radical (unpaired) electrons. The van der Waals surface area contributed by atoms with Crippen molar-refractivity contribution in [3.63, 3.8) is 0 Å².